The van der Waals surface area contributed by atoms with Crippen molar-refractivity contribution in [3.63, 3.8) is 0 Å². The third-order valence-electron chi connectivity index (χ3n) is 3.35. The normalized spacial score (nSPS) is 9.64. The van der Waals surface area contributed by atoms with E-state index in [1.807, 2.05) is 0 Å². The summed E-state index contributed by atoms with van der Waals surface area (Å²) < 4.78 is 9.30. The minimum absolute atomic E-state index is 0.114. The molecular formula is C19H15NO5. The van der Waals surface area contributed by atoms with Gasteiger partial charge in [-0.25, -0.2) is 9.59 Å². The molecule has 126 valence electrons. The van der Waals surface area contributed by atoms with Crippen LogP contribution in [0.5, 0.6) is 0 Å². The molecule has 1 N–H and O–H groups in total. The Labute approximate surface area is 144 Å². The lowest BCUT2D eigenvalue weighted by Crippen LogP contribution is -2.14. The van der Waals surface area contributed by atoms with Gasteiger partial charge in [-0.05, 0) is 42.5 Å². The van der Waals surface area contributed by atoms with E-state index in [0.29, 0.717) is 11.1 Å². The maximum Gasteiger partial charge on any atom is 0.337 e. The number of rotatable bonds is 4. The molecule has 0 aliphatic rings. The first kappa shape index (κ1) is 17.8. The molecule has 0 heterocycles. The SMILES string of the molecule is C#Cc1ccc(C(=O)Nc2cc(C(=O)OC)cc(C(=O)OC)c2)cc1. The number of esters is 2. The molecule has 0 unspecified atom stereocenters. The molecule has 0 saturated carbocycles. The molecule has 6 nitrogen and oxygen atoms in total. The van der Waals surface area contributed by atoms with Crippen molar-refractivity contribution in [1.82, 2.24) is 0 Å². The minimum atomic E-state index is -0.639. The zero-order valence-electron chi connectivity index (χ0n) is 13.7. The first-order chi connectivity index (χ1) is 12.0. The third kappa shape index (κ3) is 4.24. The van der Waals surface area contributed by atoms with Gasteiger partial charge in [-0.15, -0.1) is 6.42 Å². The Hall–Kier alpha value is -3.59. The second-order valence-electron chi connectivity index (χ2n) is 4.96. The van der Waals surface area contributed by atoms with Crippen LogP contribution in [0.1, 0.15) is 36.6 Å². The summed E-state index contributed by atoms with van der Waals surface area (Å²) in [5.41, 5.74) is 1.51. The number of carbonyl (C=O) groups excluding carboxylic acids is 3. The van der Waals surface area contributed by atoms with E-state index >= 15 is 0 Å². The van der Waals surface area contributed by atoms with Crippen molar-refractivity contribution in [2.75, 3.05) is 19.5 Å². The molecule has 0 spiro atoms. The van der Waals surface area contributed by atoms with Crippen molar-refractivity contribution in [3.8, 4) is 12.3 Å². The number of carbonyl (C=O) groups is 3. The summed E-state index contributed by atoms with van der Waals surface area (Å²) in [6.45, 7) is 0. The van der Waals surface area contributed by atoms with Gasteiger partial charge in [-0.3, -0.25) is 4.79 Å². The predicted molar refractivity (Wildman–Crippen MR) is 91.5 cm³/mol. The fraction of sp³-hybridized carbons (Fsp3) is 0.105. The fourth-order valence-corrected chi connectivity index (χ4v) is 2.09. The second-order valence-corrected chi connectivity index (χ2v) is 4.96. The Morgan fingerprint density at radius 2 is 1.40 bits per heavy atom. The average molecular weight is 337 g/mol. The van der Waals surface area contributed by atoms with Crippen LogP contribution in [0.2, 0.25) is 0 Å². The lowest BCUT2D eigenvalue weighted by molar-refractivity contribution is 0.0599. The van der Waals surface area contributed by atoms with Gasteiger partial charge in [0.1, 0.15) is 0 Å². The molecule has 1 amide bonds. The van der Waals surface area contributed by atoms with E-state index in [9.17, 15) is 14.4 Å². The highest BCUT2D eigenvalue weighted by Gasteiger charge is 2.15. The summed E-state index contributed by atoms with van der Waals surface area (Å²) in [7, 11) is 2.44. The standard InChI is InChI=1S/C19H15NO5/c1-4-12-5-7-13(8-6-12)17(21)20-16-10-14(18(22)24-2)9-15(11-16)19(23)25-3/h1,5-11H,2-3H3,(H,20,21). The summed E-state index contributed by atoms with van der Waals surface area (Å²) in [6, 6.07) is 10.6. The first-order valence-electron chi connectivity index (χ1n) is 7.18. The molecule has 25 heavy (non-hydrogen) atoms. The first-order valence-corrected chi connectivity index (χ1v) is 7.18. The van der Waals surface area contributed by atoms with Gasteiger partial charge in [-0.1, -0.05) is 5.92 Å². The van der Waals surface area contributed by atoms with Gasteiger partial charge in [0, 0.05) is 16.8 Å². The number of benzene rings is 2. The van der Waals surface area contributed by atoms with Gasteiger partial charge in [-0.2, -0.15) is 0 Å². The molecule has 0 radical (unpaired) electrons. The molecule has 0 aromatic heterocycles. The number of amides is 1. The van der Waals surface area contributed by atoms with Gasteiger partial charge in [0.05, 0.1) is 25.3 Å². The van der Waals surface area contributed by atoms with Crippen molar-refractivity contribution in [2.24, 2.45) is 0 Å². The van der Waals surface area contributed by atoms with Crippen LogP contribution >= 0.6 is 0 Å². The molecule has 2 aromatic carbocycles. The van der Waals surface area contributed by atoms with Crippen molar-refractivity contribution >= 4 is 23.5 Å². The largest absolute Gasteiger partial charge is 0.465 e. The molecule has 0 aliphatic heterocycles. The molecule has 0 saturated heterocycles. The Bertz CT molecular complexity index is 828. The summed E-state index contributed by atoms with van der Waals surface area (Å²) in [5.74, 6) is 0.767. The molecular weight excluding hydrogens is 322 g/mol. The second kappa shape index (κ2) is 7.79. The van der Waals surface area contributed by atoms with Crippen molar-refractivity contribution in [2.45, 2.75) is 0 Å². The number of terminal acetylenes is 1. The van der Waals surface area contributed by atoms with Crippen LogP contribution in [0.15, 0.2) is 42.5 Å². The van der Waals surface area contributed by atoms with Crippen molar-refractivity contribution in [3.05, 3.63) is 64.7 Å². The van der Waals surface area contributed by atoms with Gasteiger partial charge >= 0.3 is 11.9 Å². The molecule has 0 aliphatic carbocycles. The van der Waals surface area contributed by atoms with Gasteiger partial charge < -0.3 is 14.8 Å². The number of nitrogens with one attached hydrogen (secondary N) is 1. The van der Waals surface area contributed by atoms with Crippen molar-refractivity contribution < 1.29 is 23.9 Å². The highest BCUT2D eigenvalue weighted by Crippen LogP contribution is 2.18. The number of hydrogen-bond acceptors (Lipinski definition) is 5. The van der Waals surface area contributed by atoms with Gasteiger partial charge in [0.2, 0.25) is 0 Å². The topological polar surface area (TPSA) is 81.7 Å². The number of hydrogen-bond donors (Lipinski definition) is 1. The molecule has 6 heteroatoms. The molecule has 0 bridgehead atoms. The number of methoxy groups -OCH3 is 2. The zero-order chi connectivity index (χ0) is 18.4. The quantitative estimate of drug-likeness (QED) is 0.685. The van der Waals surface area contributed by atoms with E-state index in [1.165, 1.54) is 32.4 Å². The van der Waals surface area contributed by atoms with Gasteiger partial charge in [0.15, 0.2) is 0 Å². The van der Waals surface area contributed by atoms with E-state index in [-0.39, 0.29) is 16.8 Å². The van der Waals surface area contributed by atoms with Crippen LogP contribution in [0.3, 0.4) is 0 Å². The highest BCUT2D eigenvalue weighted by atomic mass is 16.5. The fourth-order valence-electron chi connectivity index (χ4n) is 2.09. The van der Waals surface area contributed by atoms with E-state index < -0.39 is 17.8 Å². The Kier molecular flexibility index (Phi) is 5.54. The van der Waals surface area contributed by atoms with Crippen LogP contribution in [-0.4, -0.2) is 32.1 Å². The number of anilines is 1. The smallest absolute Gasteiger partial charge is 0.337 e. The van der Waals surface area contributed by atoms with Crippen LogP contribution < -0.4 is 5.32 Å². The summed E-state index contributed by atoms with van der Waals surface area (Å²) in [4.78, 5) is 35.8. The Balaban J connectivity index is 2.33. The lowest BCUT2D eigenvalue weighted by Gasteiger charge is -2.09. The molecule has 0 fully saturated rings. The van der Waals surface area contributed by atoms with Crippen LogP contribution in [0, 0.1) is 12.3 Å². The summed E-state index contributed by atoms with van der Waals surface area (Å²) in [5, 5.41) is 2.63. The van der Waals surface area contributed by atoms with E-state index in [0.717, 1.165) is 0 Å². The maximum atomic E-state index is 12.3. The van der Waals surface area contributed by atoms with E-state index in [2.05, 4.69) is 20.7 Å². The van der Waals surface area contributed by atoms with Crippen LogP contribution in [0.25, 0.3) is 0 Å². The predicted octanol–water partition coefficient (Wildman–Crippen LogP) is 2.49. The van der Waals surface area contributed by atoms with E-state index in [4.69, 9.17) is 6.42 Å². The molecule has 0 atom stereocenters. The third-order valence-corrected chi connectivity index (χ3v) is 3.35. The molecule has 2 rings (SSSR count). The monoisotopic (exact) mass is 337 g/mol. The summed E-state index contributed by atoms with van der Waals surface area (Å²) >= 11 is 0. The maximum absolute atomic E-state index is 12.3. The van der Waals surface area contributed by atoms with Crippen LogP contribution in [0.4, 0.5) is 5.69 Å². The Morgan fingerprint density at radius 3 is 1.84 bits per heavy atom. The summed E-state index contributed by atoms with van der Waals surface area (Å²) in [6.07, 6.45) is 5.28. The lowest BCUT2D eigenvalue weighted by atomic mass is 10.1. The highest BCUT2D eigenvalue weighted by molar-refractivity contribution is 6.06. The van der Waals surface area contributed by atoms with Crippen molar-refractivity contribution in [1.29, 1.82) is 0 Å². The minimum Gasteiger partial charge on any atom is -0.465 e. The molecule has 2 aromatic rings. The van der Waals surface area contributed by atoms with Gasteiger partial charge in [0.25, 0.3) is 5.91 Å². The Morgan fingerprint density at radius 1 is 0.880 bits per heavy atom. The van der Waals surface area contributed by atoms with Crippen LogP contribution in [-0.2, 0) is 9.47 Å². The zero-order valence-corrected chi connectivity index (χ0v) is 13.7. The number of ether oxygens (including phenoxy) is 2. The average Bonchev–Trinajstić information content (AvgIpc) is 2.66. The van der Waals surface area contributed by atoms with E-state index in [1.54, 1.807) is 24.3 Å².